The molecule has 1 aliphatic rings. The van der Waals surface area contributed by atoms with Crippen LogP contribution in [0.1, 0.15) is 19.3 Å². The first-order valence-electron chi connectivity index (χ1n) is 11.4. The van der Waals surface area contributed by atoms with Crippen molar-refractivity contribution in [1.82, 2.24) is 5.32 Å². The number of fused-ring (bicyclic) bond motifs is 1. The van der Waals surface area contributed by atoms with E-state index in [0.29, 0.717) is 16.6 Å². The molecular formula is C26H30Cl2IN3O2. The van der Waals surface area contributed by atoms with Crippen LogP contribution in [-0.4, -0.2) is 49.8 Å². The van der Waals surface area contributed by atoms with E-state index in [1.807, 2.05) is 48.5 Å². The number of hydrogen-bond donors (Lipinski definition) is 2. The molecule has 1 aliphatic heterocycles. The van der Waals surface area contributed by atoms with Gasteiger partial charge in [0.25, 0.3) is 0 Å². The van der Waals surface area contributed by atoms with E-state index >= 15 is 0 Å². The topological polar surface area (TPSA) is 50.4 Å². The second-order valence-electron chi connectivity index (χ2n) is 8.94. The fourth-order valence-corrected chi connectivity index (χ4v) is 4.70. The standard InChI is InChI=1S/C26H29Cl2N3O2.HI/c1-31(16-12-20(13-17-31)33-21-10-11-23(27)24(28)18-21)15-5-14-29-26(32)30-25-9-4-7-19-6-2-3-8-22(19)25;/h2-4,6-11,18,20H,5,12-17H2,1H3,(H-,29,30,32);1H. The zero-order valence-electron chi connectivity index (χ0n) is 19.2. The molecule has 0 aromatic heterocycles. The number of likely N-dealkylation sites (tertiary alicyclic amines) is 1. The van der Waals surface area contributed by atoms with E-state index in [2.05, 4.69) is 17.7 Å². The predicted octanol–water partition coefficient (Wildman–Crippen LogP) is 3.35. The van der Waals surface area contributed by atoms with Gasteiger partial charge in [-0.3, -0.25) is 0 Å². The van der Waals surface area contributed by atoms with Crippen molar-refractivity contribution in [2.75, 3.05) is 38.5 Å². The maximum absolute atomic E-state index is 12.4. The van der Waals surface area contributed by atoms with Crippen LogP contribution < -0.4 is 39.3 Å². The monoisotopic (exact) mass is 613 g/mol. The summed E-state index contributed by atoms with van der Waals surface area (Å²) in [7, 11) is 2.28. The van der Waals surface area contributed by atoms with Crippen LogP contribution in [-0.2, 0) is 0 Å². The smallest absolute Gasteiger partial charge is 0.319 e. The zero-order chi connectivity index (χ0) is 23.3. The van der Waals surface area contributed by atoms with E-state index in [1.54, 1.807) is 12.1 Å². The van der Waals surface area contributed by atoms with Gasteiger partial charge in [-0.2, -0.15) is 0 Å². The normalized spacial score (nSPS) is 19.8. The molecule has 3 aromatic rings. The molecule has 0 aliphatic carbocycles. The number of nitrogens with zero attached hydrogens (tertiary/aromatic N) is 1. The van der Waals surface area contributed by atoms with Crippen LogP contribution in [0.25, 0.3) is 10.8 Å². The molecule has 182 valence electrons. The first kappa shape index (κ1) is 26.9. The molecule has 1 heterocycles. The SMILES string of the molecule is C[N+]1(CCCNC(=O)Nc2cccc3ccccc23)CCC(Oc2ccc(Cl)c(Cl)c2)CC1.[I-]. The lowest BCUT2D eigenvalue weighted by Crippen LogP contribution is -3.00. The Balaban J connectivity index is 0.00000324. The fourth-order valence-electron chi connectivity index (χ4n) is 4.42. The first-order chi connectivity index (χ1) is 15.9. The van der Waals surface area contributed by atoms with Crippen molar-refractivity contribution < 1.29 is 38.0 Å². The van der Waals surface area contributed by atoms with Crippen LogP contribution in [0.5, 0.6) is 5.75 Å². The summed E-state index contributed by atoms with van der Waals surface area (Å²) in [4.78, 5) is 12.4. The molecule has 1 saturated heterocycles. The minimum atomic E-state index is -0.164. The van der Waals surface area contributed by atoms with E-state index in [9.17, 15) is 4.79 Å². The van der Waals surface area contributed by atoms with Gasteiger partial charge >= 0.3 is 6.03 Å². The summed E-state index contributed by atoms with van der Waals surface area (Å²) in [5.74, 6) is 0.770. The molecule has 2 N–H and O–H groups in total. The number of hydrogen-bond acceptors (Lipinski definition) is 2. The largest absolute Gasteiger partial charge is 1.00 e. The van der Waals surface area contributed by atoms with Gasteiger partial charge in [0.1, 0.15) is 11.9 Å². The number of nitrogens with one attached hydrogen (secondary N) is 2. The Kier molecular flexibility index (Phi) is 9.71. The van der Waals surface area contributed by atoms with Crippen LogP contribution in [0.2, 0.25) is 10.0 Å². The lowest BCUT2D eigenvalue weighted by atomic mass is 10.0. The summed E-state index contributed by atoms with van der Waals surface area (Å²) in [5, 5.41) is 9.18. The number of carbonyl (C=O) groups excluding carboxylic acids is 1. The molecule has 0 unspecified atom stereocenters. The molecule has 0 saturated carbocycles. The second kappa shape index (κ2) is 12.3. The number of ether oxygens (including phenoxy) is 1. The number of carbonyl (C=O) groups is 1. The molecule has 8 heteroatoms. The first-order valence-corrected chi connectivity index (χ1v) is 12.2. The molecule has 0 spiro atoms. The van der Waals surface area contributed by atoms with Crippen molar-refractivity contribution in [3.05, 3.63) is 70.7 Å². The Morgan fingerprint density at radius 2 is 1.76 bits per heavy atom. The Labute approximate surface area is 228 Å². The van der Waals surface area contributed by atoms with Crippen molar-refractivity contribution in [2.24, 2.45) is 0 Å². The Bertz CT molecular complexity index is 1110. The quantitative estimate of drug-likeness (QED) is 0.244. The average molecular weight is 614 g/mol. The molecule has 5 nitrogen and oxygen atoms in total. The number of benzene rings is 3. The molecule has 0 atom stereocenters. The fraction of sp³-hybridized carbons (Fsp3) is 0.346. The zero-order valence-corrected chi connectivity index (χ0v) is 22.9. The summed E-state index contributed by atoms with van der Waals surface area (Å²) < 4.78 is 7.10. The number of urea groups is 1. The van der Waals surface area contributed by atoms with Crippen molar-refractivity contribution in [3.8, 4) is 5.75 Å². The van der Waals surface area contributed by atoms with Crippen molar-refractivity contribution in [2.45, 2.75) is 25.4 Å². The van der Waals surface area contributed by atoms with Crippen molar-refractivity contribution >= 4 is 45.7 Å². The lowest BCUT2D eigenvalue weighted by Gasteiger charge is -2.40. The number of piperidine rings is 1. The molecule has 2 amide bonds. The van der Waals surface area contributed by atoms with Gasteiger partial charge in [-0.1, -0.05) is 59.6 Å². The number of rotatable bonds is 7. The molecule has 34 heavy (non-hydrogen) atoms. The molecule has 4 rings (SSSR count). The summed E-state index contributed by atoms with van der Waals surface area (Å²) in [6, 6.07) is 19.2. The number of quaternary nitrogens is 1. The summed E-state index contributed by atoms with van der Waals surface area (Å²) in [6.45, 7) is 3.77. The summed E-state index contributed by atoms with van der Waals surface area (Å²) in [6.07, 6.45) is 3.10. The molecule has 3 aromatic carbocycles. The molecule has 0 radical (unpaired) electrons. The van der Waals surface area contributed by atoms with Crippen LogP contribution in [0, 0.1) is 0 Å². The minimum absolute atomic E-state index is 0. The van der Waals surface area contributed by atoms with Gasteiger partial charge in [0.2, 0.25) is 0 Å². The maximum Gasteiger partial charge on any atom is 0.319 e. The number of anilines is 1. The number of halogens is 3. The second-order valence-corrected chi connectivity index (χ2v) is 9.76. The lowest BCUT2D eigenvalue weighted by molar-refractivity contribution is -0.915. The van der Waals surface area contributed by atoms with Gasteiger partial charge in [-0.15, -0.1) is 0 Å². The third kappa shape index (κ3) is 7.13. The van der Waals surface area contributed by atoms with Crippen LogP contribution in [0.3, 0.4) is 0 Å². The van der Waals surface area contributed by atoms with E-state index in [-0.39, 0.29) is 36.1 Å². The predicted molar refractivity (Wildman–Crippen MR) is 136 cm³/mol. The Morgan fingerprint density at radius 1 is 1.03 bits per heavy atom. The Hall–Kier alpha value is -1.74. The number of amides is 2. The van der Waals surface area contributed by atoms with Crippen LogP contribution >= 0.6 is 23.2 Å². The van der Waals surface area contributed by atoms with Gasteiger partial charge in [-0.05, 0) is 23.6 Å². The van der Waals surface area contributed by atoms with Gasteiger partial charge in [0.05, 0.1) is 42.4 Å². The van der Waals surface area contributed by atoms with Gasteiger partial charge in [0, 0.05) is 37.3 Å². The van der Waals surface area contributed by atoms with Gasteiger partial charge in [-0.25, -0.2) is 4.79 Å². The third-order valence-corrected chi connectivity index (χ3v) is 7.11. The third-order valence-electron chi connectivity index (χ3n) is 6.37. The highest BCUT2D eigenvalue weighted by Crippen LogP contribution is 2.29. The van der Waals surface area contributed by atoms with Gasteiger partial charge in [0.15, 0.2) is 0 Å². The average Bonchev–Trinajstić information content (AvgIpc) is 2.81. The van der Waals surface area contributed by atoms with Crippen molar-refractivity contribution in [3.63, 3.8) is 0 Å². The Morgan fingerprint density at radius 3 is 2.53 bits per heavy atom. The molecule has 0 bridgehead atoms. The summed E-state index contributed by atoms with van der Waals surface area (Å²) >= 11 is 12.1. The van der Waals surface area contributed by atoms with Crippen molar-refractivity contribution in [1.29, 1.82) is 0 Å². The highest BCUT2D eigenvalue weighted by Gasteiger charge is 2.30. The van der Waals surface area contributed by atoms with E-state index < -0.39 is 0 Å². The minimum Gasteiger partial charge on any atom is -1.00 e. The molecular weight excluding hydrogens is 584 g/mol. The molecule has 1 fully saturated rings. The highest BCUT2D eigenvalue weighted by atomic mass is 127. The van der Waals surface area contributed by atoms with Gasteiger partial charge < -0.3 is 43.8 Å². The summed E-state index contributed by atoms with van der Waals surface area (Å²) in [5.41, 5.74) is 0.827. The van der Waals surface area contributed by atoms with E-state index in [4.69, 9.17) is 27.9 Å². The van der Waals surface area contributed by atoms with E-state index in [0.717, 1.165) is 65.6 Å². The van der Waals surface area contributed by atoms with E-state index in [1.165, 1.54) is 0 Å². The van der Waals surface area contributed by atoms with Crippen LogP contribution in [0.15, 0.2) is 60.7 Å². The van der Waals surface area contributed by atoms with Crippen LogP contribution in [0.4, 0.5) is 10.5 Å². The highest BCUT2D eigenvalue weighted by molar-refractivity contribution is 6.42. The maximum atomic E-state index is 12.4.